The van der Waals surface area contributed by atoms with Gasteiger partial charge >= 0.3 is 0 Å². The highest BCUT2D eigenvalue weighted by molar-refractivity contribution is 5.91. The Balaban J connectivity index is 1.66. The van der Waals surface area contributed by atoms with Crippen LogP contribution in [0.3, 0.4) is 0 Å². The average Bonchev–Trinajstić information content (AvgIpc) is 2.75. The van der Waals surface area contributed by atoms with E-state index < -0.39 is 0 Å². The van der Waals surface area contributed by atoms with Crippen LogP contribution in [0.1, 0.15) is 5.56 Å². The third-order valence-corrected chi connectivity index (χ3v) is 4.20. The molecule has 0 fully saturated rings. The van der Waals surface area contributed by atoms with Gasteiger partial charge in [0.05, 0.1) is 12.6 Å². The van der Waals surface area contributed by atoms with Crippen LogP contribution in [0.4, 0.5) is 11.5 Å². The van der Waals surface area contributed by atoms with E-state index >= 15 is 0 Å². The van der Waals surface area contributed by atoms with Gasteiger partial charge in [0.15, 0.2) is 11.5 Å². The van der Waals surface area contributed by atoms with Gasteiger partial charge in [0.25, 0.3) is 0 Å². The normalized spacial score (nSPS) is 10.3. The van der Waals surface area contributed by atoms with E-state index in [0.717, 1.165) is 27.9 Å². The lowest BCUT2D eigenvalue weighted by Gasteiger charge is -2.13. The van der Waals surface area contributed by atoms with E-state index in [9.17, 15) is 0 Å². The summed E-state index contributed by atoms with van der Waals surface area (Å²) in [7, 11) is 1.61. The van der Waals surface area contributed by atoms with Crippen LogP contribution in [0, 0.1) is 12.3 Å². The van der Waals surface area contributed by atoms with Crippen molar-refractivity contribution in [3.8, 4) is 29.6 Å². The van der Waals surface area contributed by atoms with E-state index in [0.29, 0.717) is 17.3 Å². The van der Waals surface area contributed by atoms with Gasteiger partial charge in [-0.15, -0.1) is 6.42 Å². The van der Waals surface area contributed by atoms with Gasteiger partial charge < -0.3 is 14.8 Å². The molecular weight excluding hydrogens is 350 g/mol. The van der Waals surface area contributed by atoms with Crippen LogP contribution in [-0.2, 0) is 0 Å². The number of benzene rings is 3. The number of terminal acetylenes is 1. The van der Waals surface area contributed by atoms with E-state index in [1.807, 2.05) is 66.7 Å². The fraction of sp³-hybridized carbons (Fsp3) is 0.0435. The van der Waals surface area contributed by atoms with Gasteiger partial charge in [0.1, 0.15) is 17.9 Å². The van der Waals surface area contributed by atoms with Crippen LogP contribution >= 0.6 is 0 Å². The second-order valence-corrected chi connectivity index (χ2v) is 6.00. The first-order valence-corrected chi connectivity index (χ1v) is 8.66. The topological polar surface area (TPSA) is 56.3 Å². The fourth-order valence-electron chi connectivity index (χ4n) is 2.83. The maximum atomic E-state index is 5.91. The highest BCUT2D eigenvalue weighted by Crippen LogP contribution is 2.35. The first-order chi connectivity index (χ1) is 13.8. The molecule has 3 aromatic carbocycles. The number of nitrogens with one attached hydrogen (secondary N) is 1. The van der Waals surface area contributed by atoms with Crippen molar-refractivity contribution in [1.82, 2.24) is 9.97 Å². The maximum absolute atomic E-state index is 5.91. The van der Waals surface area contributed by atoms with Crippen LogP contribution in [0.2, 0.25) is 0 Å². The summed E-state index contributed by atoms with van der Waals surface area (Å²) in [5.74, 6) is 5.28. The van der Waals surface area contributed by atoms with E-state index in [2.05, 4.69) is 21.2 Å². The summed E-state index contributed by atoms with van der Waals surface area (Å²) in [6, 6.07) is 20.8. The van der Waals surface area contributed by atoms with Crippen LogP contribution < -0.4 is 14.8 Å². The summed E-state index contributed by atoms with van der Waals surface area (Å²) in [5, 5.41) is 4.16. The zero-order valence-corrected chi connectivity index (χ0v) is 15.2. The molecule has 0 saturated heterocycles. The van der Waals surface area contributed by atoms with Crippen LogP contribution in [-0.4, -0.2) is 17.1 Å². The minimum atomic E-state index is 0.608. The lowest BCUT2D eigenvalue weighted by Crippen LogP contribution is -1.98. The molecule has 1 N–H and O–H groups in total. The van der Waals surface area contributed by atoms with Crippen molar-refractivity contribution < 1.29 is 9.47 Å². The van der Waals surface area contributed by atoms with E-state index in [-0.39, 0.29) is 0 Å². The molecule has 5 heteroatoms. The van der Waals surface area contributed by atoms with Crippen molar-refractivity contribution in [3.05, 3.63) is 78.6 Å². The minimum Gasteiger partial charge on any atom is -0.493 e. The van der Waals surface area contributed by atoms with Gasteiger partial charge in [-0.1, -0.05) is 24.1 Å². The number of rotatable bonds is 5. The van der Waals surface area contributed by atoms with Gasteiger partial charge in [-0.25, -0.2) is 9.97 Å². The number of aromatic nitrogens is 2. The molecule has 0 aliphatic rings. The molecule has 0 saturated carbocycles. The minimum absolute atomic E-state index is 0.608. The largest absolute Gasteiger partial charge is 0.493 e. The van der Waals surface area contributed by atoms with Gasteiger partial charge in [-0.3, -0.25) is 0 Å². The second kappa shape index (κ2) is 7.68. The maximum Gasteiger partial charge on any atom is 0.169 e. The van der Waals surface area contributed by atoms with Crippen molar-refractivity contribution in [3.63, 3.8) is 0 Å². The van der Waals surface area contributed by atoms with Crippen molar-refractivity contribution in [2.24, 2.45) is 0 Å². The monoisotopic (exact) mass is 367 g/mol. The Hall–Kier alpha value is -4.04. The molecule has 0 aliphatic heterocycles. The number of para-hydroxylation sites is 1. The van der Waals surface area contributed by atoms with Gasteiger partial charge in [-0.2, -0.15) is 0 Å². The summed E-state index contributed by atoms with van der Waals surface area (Å²) in [4.78, 5) is 8.65. The Morgan fingerprint density at radius 3 is 2.57 bits per heavy atom. The third kappa shape index (κ3) is 3.57. The second-order valence-electron chi connectivity index (χ2n) is 6.00. The molecular formula is C23H17N3O2. The van der Waals surface area contributed by atoms with E-state index in [1.54, 1.807) is 7.11 Å². The molecule has 28 heavy (non-hydrogen) atoms. The molecule has 0 atom stereocenters. The molecule has 0 aliphatic carbocycles. The van der Waals surface area contributed by atoms with Gasteiger partial charge in [0, 0.05) is 22.7 Å². The highest BCUT2D eigenvalue weighted by atomic mass is 16.5. The van der Waals surface area contributed by atoms with E-state index in [1.165, 1.54) is 6.33 Å². The Kier molecular flexibility index (Phi) is 4.77. The van der Waals surface area contributed by atoms with Crippen molar-refractivity contribution >= 4 is 22.4 Å². The molecule has 5 nitrogen and oxygen atoms in total. The number of fused-ring (bicyclic) bond motifs is 1. The molecule has 0 spiro atoms. The Morgan fingerprint density at radius 1 is 0.929 bits per heavy atom. The zero-order valence-electron chi connectivity index (χ0n) is 15.2. The number of ether oxygens (including phenoxy) is 2. The zero-order chi connectivity index (χ0) is 19.3. The number of methoxy groups -OCH3 is 1. The fourth-order valence-corrected chi connectivity index (χ4v) is 2.83. The summed E-state index contributed by atoms with van der Waals surface area (Å²) in [6.07, 6.45) is 7.04. The average molecular weight is 367 g/mol. The first-order valence-electron chi connectivity index (χ1n) is 8.66. The Bertz CT molecular complexity index is 1170. The molecule has 0 radical (unpaired) electrons. The number of nitrogens with zero attached hydrogens (tertiary/aromatic N) is 2. The lowest BCUT2D eigenvalue weighted by atomic mass is 10.1. The molecule has 0 amide bonds. The van der Waals surface area contributed by atoms with Crippen LogP contribution in [0.5, 0.6) is 17.2 Å². The van der Waals surface area contributed by atoms with Crippen molar-refractivity contribution in [2.75, 3.05) is 12.4 Å². The summed E-state index contributed by atoms with van der Waals surface area (Å²) in [5.41, 5.74) is 2.39. The SMILES string of the molecule is C#Cc1ccc2ncnc(Nc3ccc(Oc4ccccc4)c(OC)c3)c2c1. The molecule has 0 bridgehead atoms. The molecule has 4 aromatic rings. The predicted octanol–water partition coefficient (Wildman–Crippen LogP) is 5.16. The smallest absolute Gasteiger partial charge is 0.169 e. The Morgan fingerprint density at radius 2 is 1.79 bits per heavy atom. The van der Waals surface area contributed by atoms with Crippen LogP contribution in [0.25, 0.3) is 10.9 Å². The van der Waals surface area contributed by atoms with Gasteiger partial charge in [-0.05, 0) is 42.5 Å². The molecule has 1 heterocycles. The third-order valence-electron chi connectivity index (χ3n) is 4.20. The number of hydrogen-bond acceptors (Lipinski definition) is 5. The highest BCUT2D eigenvalue weighted by Gasteiger charge is 2.10. The lowest BCUT2D eigenvalue weighted by molar-refractivity contribution is 0.379. The predicted molar refractivity (Wildman–Crippen MR) is 110 cm³/mol. The Labute approximate surface area is 163 Å². The summed E-state index contributed by atoms with van der Waals surface area (Å²) in [6.45, 7) is 0. The quantitative estimate of drug-likeness (QED) is 0.494. The molecule has 136 valence electrons. The summed E-state index contributed by atoms with van der Waals surface area (Å²) >= 11 is 0. The molecule has 1 aromatic heterocycles. The van der Waals surface area contributed by atoms with Crippen molar-refractivity contribution in [2.45, 2.75) is 0 Å². The van der Waals surface area contributed by atoms with Gasteiger partial charge in [0.2, 0.25) is 0 Å². The number of anilines is 2. The van der Waals surface area contributed by atoms with Crippen molar-refractivity contribution in [1.29, 1.82) is 0 Å². The van der Waals surface area contributed by atoms with Crippen LogP contribution in [0.15, 0.2) is 73.1 Å². The summed E-state index contributed by atoms with van der Waals surface area (Å²) < 4.78 is 11.4. The molecule has 4 rings (SSSR count). The standard InChI is InChI=1S/C23H17N3O2/c1-3-16-9-11-20-19(13-16)23(25-15-24-20)26-17-10-12-21(22(14-17)27-2)28-18-7-5-4-6-8-18/h1,4-15H,2H3,(H,24,25,26). The number of hydrogen-bond donors (Lipinski definition) is 1. The first kappa shape index (κ1) is 17.4. The molecule has 0 unspecified atom stereocenters. The van der Waals surface area contributed by atoms with E-state index in [4.69, 9.17) is 15.9 Å².